The Morgan fingerprint density at radius 1 is 1.53 bits per heavy atom. The van der Waals surface area contributed by atoms with Gasteiger partial charge in [0, 0.05) is 42.9 Å². The Hall–Kier alpha value is -0.100. The molecule has 1 unspecified atom stereocenters. The molecule has 0 aromatic carbocycles. The molecule has 1 heterocycles. The molecule has 4 nitrogen and oxygen atoms in total. The topological polar surface area (TPSA) is 46.9 Å². The highest BCUT2D eigenvalue weighted by molar-refractivity contribution is 7.84. The van der Waals surface area contributed by atoms with Gasteiger partial charge in [-0.3, -0.25) is 4.21 Å². The van der Waals surface area contributed by atoms with Crippen molar-refractivity contribution in [1.29, 1.82) is 0 Å². The molecule has 1 atom stereocenters. The highest BCUT2D eigenvalue weighted by Crippen LogP contribution is 2.18. The van der Waals surface area contributed by atoms with Gasteiger partial charge in [0.1, 0.15) is 0 Å². The first-order chi connectivity index (χ1) is 7.02. The fourth-order valence-electron chi connectivity index (χ4n) is 1.08. The fraction of sp³-hybridized carbons (Fsp3) is 0.625. The van der Waals surface area contributed by atoms with Gasteiger partial charge in [-0.25, -0.2) is 4.98 Å². The van der Waals surface area contributed by atoms with Crippen LogP contribution in [0.1, 0.15) is 5.69 Å². The molecule has 0 amide bonds. The average Bonchev–Trinajstić information content (AvgIpc) is 2.37. The SMILES string of the molecule is Cn1c(Cl)nc(Cl)c1CNCCS(C)=O. The summed E-state index contributed by atoms with van der Waals surface area (Å²) in [5.74, 6) is 0.628. The Labute approximate surface area is 101 Å². The average molecular weight is 270 g/mol. The van der Waals surface area contributed by atoms with Crippen molar-refractivity contribution in [3.05, 3.63) is 16.1 Å². The third-order valence-electron chi connectivity index (χ3n) is 1.97. The van der Waals surface area contributed by atoms with Crippen LogP contribution in [0.15, 0.2) is 0 Å². The summed E-state index contributed by atoms with van der Waals surface area (Å²) >= 11 is 11.7. The van der Waals surface area contributed by atoms with E-state index >= 15 is 0 Å². The molecule has 86 valence electrons. The molecule has 1 N–H and O–H groups in total. The molecule has 0 aliphatic heterocycles. The van der Waals surface area contributed by atoms with E-state index < -0.39 is 10.8 Å². The molecule has 0 aliphatic rings. The molecule has 0 saturated heterocycles. The predicted molar refractivity (Wildman–Crippen MR) is 63.9 cm³/mol. The largest absolute Gasteiger partial charge is 0.319 e. The van der Waals surface area contributed by atoms with Gasteiger partial charge in [0.2, 0.25) is 5.28 Å². The van der Waals surface area contributed by atoms with Gasteiger partial charge in [0.15, 0.2) is 5.15 Å². The monoisotopic (exact) mass is 269 g/mol. The van der Waals surface area contributed by atoms with E-state index in [-0.39, 0.29) is 0 Å². The molecule has 1 aromatic rings. The molecule has 0 bridgehead atoms. The maximum atomic E-state index is 10.8. The third-order valence-corrected chi connectivity index (χ3v) is 3.39. The molecular formula is C8H13Cl2N3OS. The van der Waals surface area contributed by atoms with E-state index in [2.05, 4.69) is 10.3 Å². The third kappa shape index (κ3) is 3.75. The Morgan fingerprint density at radius 2 is 2.20 bits per heavy atom. The second kappa shape index (κ2) is 5.84. The molecule has 1 rings (SSSR count). The van der Waals surface area contributed by atoms with Crippen LogP contribution in [0.5, 0.6) is 0 Å². The molecule has 15 heavy (non-hydrogen) atoms. The van der Waals surface area contributed by atoms with Crippen LogP contribution >= 0.6 is 23.2 Å². The van der Waals surface area contributed by atoms with Crippen LogP contribution < -0.4 is 5.32 Å². The van der Waals surface area contributed by atoms with Gasteiger partial charge < -0.3 is 9.88 Å². The van der Waals surface area contributed by atoms with Gasteiger partial charge in [-0.1, -0.05) is 11.6 Å². The first kappa shape index (κ1) is 13.0. The summed E-state index contributed by atoms with van der Waals surface area (Å²) in [6.45, 7) is 1.26. The van der Waals surface area contributed by atoms with E-state index in [4.69, 9.17) is 23.2 Å². The normalized spacial score (nSPS) is 13.1. The molecule has 1 aromatic heterocycles. The second-order valence-electron chi connectivity index (χ2n) is 3.13. The molecular weight excluding hydrogens is 257 g/mol. The minimum atomic E-state index is -0.773. The van der Waals surface area contributed by atoms with Crippen molar-refractivity contribution in [3.8, 4) is 0 Å². The zero-order chi connectivity index (χ0) is 11.4. The van der Waals surface area contributed by atoms with E-state index in [1.165, 1.54) is 0 Å². The number of hydrogen-bond donors (Lipinski definition) is 1. The van der Waals surface area contributed by atoms with Crippen molar-refractivity contribution >= 4 is 34.0 Å². The highest BCUT2D eigenvalue weighted by atomic mass is 35.5. The Bertz CT molecular complexity index is 367. The van der Waals surface area contributed by atoms with Crippen molar-refractivity contribution in [2.75, 3.05) is 18.6 Å². The molecule has 0 fully saturated rings. The number of halogens is 2. The van der Waals surface area contributed by atoms with Crippen molar-refractivity contribution < 1.29 is 4.21 Å². The van der Waals surface area contributed by atoms with E-state index in [0.29, 0.717) is 29.3 Å². The maximum absolute atomic E-state index is 10.8. The van der Waals surface area contributed by atoms with Crippen LogP contribution in [-0.4, -0.2) is 32.3 Å². The standard InChI is InChI=1S/C8H13Cl2N3OS/c1-13-6(7(9)12-8(13)10)5-11-3-4-15(2)14/h11H,3-5H2,1-2H3. The molecule has 7 heteroatoms. The number of nitrogens with zero attached hydrogens (tertiary/aromatic N) is 2. The fourth-order valence-corrected chi connectivity index (χ4v) is 2.02. The minimum absolute atomic E-state index is 0.371. The zero-order valence-electron chi connectivity index (χ0n) is 8.59. The van der Waals surface area contributed by atoms with Gasteiger partial charge >= 0.3 is 0 Å². The summed E-state index contributed by atoms with van der Waals surface area (Å²) in [5.41, 5.74) is 0.837. The van der Waals surface area contributed by atoms with Crippen LogP contribution in [-0.2, 0) is 24.4 Å². The zero-order valence-corrected chi connectivity index (χ0v) is 10.9. The van der Waals surface area contributed by atoms with Crippen LogP contribution in [0.2, 0.25) is 10.4 Å². The summed E-state index contributed by atoms with van der Waals surface area (Å²) in [6.07, 6.45) is 1.68. The van der Waals surface area contributed by atoms with E-state index in [1.54, 1.807) is 17.9 Å². The lowest BCUT2D eigenvalue weighted by Crippen LogP contribution is -2.21. The number of rotatable bonds is 5. The predicted octanol–water partition coefficient (Wildman–Crippen LogP) is 1.20. The Balaban J connectivity index is 2.47. The Morgan fingerprint density at radius 3 is 2.67 bits per heavy atom. The van der Waals surface area contributed by atoms with Gasteiger partial charge in [0.25, 0.3) is 0 Å². The molecule has 0 radical (unpaired) electrons. The lowest BCUT2D eigenvalue weighted by molar-refractivity contribution is 0.664. The first-order valence-electron chi connectivity index (χ1n) is 4.39. The quantitative estimate of drug-likeness (QED) is 0.818. The molecule has 0 saturated carbocycles. The number of hydrogen-bond acceptors (Lipinski definition) is 3. The lowest BCUT2D eigenvalue weighted by atomic mass is 10.4. The van der Waals surface area contributed by atoms with E-state index in [0.717, 1.165) is 5.69 Å². The van der Waals surface area contributed by atoms with Gasteiger partial charge in [0.05, 0.1) is 5.69 Å². The summed E-state index contributed by atoms with van der Waals surface area (Å²) in [4.78, 5) is 3.92. The smallest absolute Gasteiger partial charge is 0.204 e. The van der Waals surface area contributed by atoms with Crippen molar-refractivity contribution in [2.45, 2.75) is 6.54 Å². The highest BCUT2D eigenvalue weighted by Gasteiger charge is 2.10. The first-order valence-corrected chi connectivity index (χ1v) is 6.88. The number of nitrogens with one attached hydrogen (secondary N) is 1. The minimum Gasteiger partial charge on any atom is -0.319 e. The maximum Gasteiger partial charge on any atom is 0.204 e. The Kier molecular flexibility index (Phi) is 5.05. The van der Waals surface area contributed by atoms with Gasteiger partial charge in [-0.2, -0.15) is 0 Å². The molecule has 0 aliphatic carbocycles. The van der Waals surface area contributed by atoms with Crippen molar-refractivity contribution in [1.82, 2.24) is 14.9 Å². The van der Waals surface area contributed by atoms with E-state index in [9.17, 15) is 4.21 Å². The van der Waals surface area contributed by atoms with Crippen molar-refractivity contribution in [3.63, 3.8) is 0 Å². The van der Waals surface area contributed by atoms with Gasteiger partial charge in [-0.05, 0) is 11.6 Å². The van der Waals surface area contributed by atoms with Crippen LogP contribution in [0.4, 0.5) is 0 Å². The summed E-state index contributed by atoms with van der Waals surface area (Å²) in [6, 6.07) is 0. The number of imidazole rings is 1. The van der Waals surface area contributed by atoms with Crippen molar-refractivity contribution in [2.24, 2.45) is 7.05 Å². The van der Waals surface area contributed by atoms with E-state index in [1.807, 2.05) is 0 Å². The number of aromatic nitrogens is 2. The molecule has 0 spiro atoms. The van der Waals surface area contributed by atoms with Crippen LogP contribution in [0, 0.1) is 0 Å². The second-order valence-corrected chi connectivity index (χ2v) is 5.38. The van der Waals surface area contributed by atoms with Gasteiger partial charge in [-0.15, -0.1) is 0 Å². The summed E-state index contributed by atoms with van der Waals surface area (Å²) in [5, 5.41) is 3.91. The van der Waals surface area contributed by atoms with Crippen LogP contribution in [0.25, 0.3) is 0 Å². The summed E-state index contributed by atoms with van der Waals surface area (Å²) in [7, 11) is 1.03. The van der Waals surface area contributed by atoms with Crippen LogP contribution in [0.3, 0.4) is 0 Å². The lowest BCUT2D eigenvalue weighted by Gasteiger charge is -2.05. The summed E-state index contributed by atoms with van der Waals surface area (Å²) < 4.78 is 12.5.